The quantitative estimate of drug-likeness (QED) is 0.573. The van der Waals surface area contributed by atoms with Gasteiger partial charge in [-0.15, -0.1) is 11.8 Å². The Kier molecular flexibility index (Phi) is 3.19. The maximum Gasteiger partial charge on any atom is 0.316 e. The number of carboxylic acid groups (broad SMARTS) is 1. The number of anilines is 1. The molecule has 3 nitrogen and oxygen atoms in total. The van der Waals surface area contributed by atoms with Crippen LogP contribution in [-0.4, -0.2) is 16.3 Å². The van der Waals surface area contributed by atoms with E-state index in [1.165, 1.54) is 11.8 Å². The number of hydrogen-bond acceptors (Lipinski definition) is 3. The number of benzene rings is 1. The second-order valence-corrected chi connectivity index (χ2v) is 4.02. The van der Waals surface area contributed by atoms with Crippen molar-refractivity contribution in [1.82, 2.24) is 0 Å². The minimum atomic E-state index is -0.826. The van der Waals surface area contributed by atoms with Gasteiger partial charge in [0.05, 0.1) is 0 Å². The number of aliphatic carboxylic acids is 1. The van der Waals surface area contributed by atoms with E-state index in [0.29, 0.717) is 5.69 Å². The zero-order valence-electron chi connectivity index (χ0n) is 7.23. The zero-order valence-corrected chi connectivity index (χ0v) is 8.04. The number of rotatable bonds is 3. The van der Waals surface area contributed by atoms with E-state index < -0.39 is 11.2 Å². The van der Waals surface area contributed by atoms with E-state index >= 15 is 0 Å². The molecule has 4 heteroatoms. The predicted molar refractivity (Wildman–Crippen MR) is 53.8 cm³/mol. The minimum Gasteiger partial charge on any atom is -0.480 e. The summed E-state index contributed by atoms with van der Waals surface area (Å²) in [6.45, 7) is 1.64. The Morgan fingerprint density at radius 1 is 1.54 bits per heavy atom. The molecule has 0 aliphatic heterocycles. The summed E-state index contributed by atoms with van der Waals surface area (Å²) in [4.78, 5) is 11.4. The molecule has 1 unspecified atom stereocenters. The van der Waals surface area contributed by atoms with Gasteiger partial charge in [0.15, 0.2) is 0 Å². The summed E-state index contributed by atoms with van der Waals surface area (Å²) in [6, 6.07) is 7.24. The standard InChI is InChI=1S/C9H11NO2S/c1-6(9(11)12)13-8-5-3-2-4-7(8)10/h2-6H,10H2,1H3,(H,11,12). The zero-order chi connectivity index (χ0) is 9.84. The van der Waals surface area contributed by atoms with Crippen molar-refractivity contribution in [3.63, 3.8) is 0 Å². The van der Waals surface area contributed by atoms with Crippen molar-refractivity contribution in [1.29, 1.82) is 0 Å². The summed E-state index contributed by atoms with van der Waals surface area (Å²) in [6.07, 6.45) is 0. The monoisotopic (exact) mass is 197 g/mol. The summed E-state index contributed by atoms with van der Waals surface area (Å²) in [5, 5.41) is 8.20. The van der Waals surface area contributed by atoms with Crippen LogP contribution in [0.25, 0.3) is 0 Å². The van der Waals surface area contributed by atoms with Crippen LogP contribution in [0.4, 0.5) is 5.69 Å². The molecule has 1 atom stereocenters. The lowest BCUT2D eigenvalue weighted by molar-refractivity contribution is -0.136. The van der Waals surface area contributed by atoms with E-state index in [1.54, 1.807) is 13.0 Å². The fraction of sp³-hybridized carbons (Fsp3) is 0.222. The van der Waals surface area contributed by atoms with Gasteiger partial charge in [-0.25, -0.2) is 0 Å². The molecular weight excluding hydrogens is 186 g/mol. The fourth-order valence-electron chi connectivity index (χ4n) is 0.829. The van der Waals surface area contributed by atoms with Crippen LogP contribution in [0.1, 0.15) is 6.92 Å². The molecule has 70 valence electrons. The van der Waals surface area contributed by atoms with Crippen molar-refractivity contribution in [2.45, 2.75) is 17.1 Å². The van der Waals surface area contributed by atoms with Crippen molar-refractivity contribution >= 4 is 23.4 Å². The average Bonchev–Trinajstić information content (AvgIpc) is 2.08. The highest BCUT2D eigenvalue weighted by Crippen LogP contribution is 2.28. The SMILES string of the molecule is CC(Sc1ccccc1N)C(=O)O. The van der Waals surface area contributed by atoms with E-state index in [-0.39, 0.29) is 0 Å². The fourth-order valence-corrected chi connectivity index (χ4v) is 1.67. The topological polar surface area (TPSA) is 63.3 Å². The molecule has 3 N–H and O–H groups in total. The predicted octanol–water partition coefficient (Wildman–Crippen LogP) is 1.83. The van der Waals surface area contributed by atoms with E-state index in [0.717, 1.165) is 4.90 Å². The Bertz CT molecular complexity index is 314. The van der Waals surface area contributed by atoms with Crippen molar-refractivity contribution in [3.8, 4) is 0 Å². The van der Waals surface area contributed by atoms with Gasteiger partial charge in [-0.3, -0.25) is 4.79 Å². The first-order valence-electron chi connectivity index (χ1n) is 3.85. The summed E-state index contributed by atoms with van der Waals surface area (Å²) in [5.74, 6) is -0.826. The van der Waals surface area contributed by atoms with Crippen molar-refractivity contribution in [2.75, 3.05) is 5.73 Å². The van der Waals surface area contributed by atoms with Crippen molar-refractivity contribution in [3.05, 3.63) is 24.3 Å². The van der Waals surface area contributed by atoms with E-state index in [9.17, 15) is 4.79 Å². The van der Waals surface area contributed by atoms with Crippen LogP contribution < -0.4 is 5.73 Å². The normalized spacial score (nSPS) is 12.4. The molecule has 0 heterocycles. The second-order valence-electron chi connectivity index (χ2n) is 2.64. The molecule has 0 spiro atoms. The molecule has 0 saturated carbocycles. The number of nitrogen functional groups attached to an aromatic ring is 1. The first-order chi connectivity index (χ1) is 6.11. The third-order valence-corrected chi connectivity index (χ3v) is 2.75. The lowest BCUT2D eigenvalue weighted by atomic mass is 10.3. The smallest absolute Gasteiger partial charge is 0.316 e. The average molecular weight is 197 g/mol. The van der Waals surface area contributed by atoms with Gasteiger partial charge in [-0.2, -0.15) is 0 Å². The van der Waals surface area contributed by atoms with Crippen LogP contribution in [-0.2, 0) is 4.79 Å². The molecule has 1 rings (SSSR count). The van der Waals surface area contributed by atoms with Crippen molar-refractivity contribution < 1.29 is 9.90 Å². The number of carbonyl (C=O) groups is 1. The van der Waals surface area contributed by atoms with Gasteiger partial charge in [0, 0.05) is 10.6 Å². The number of nitrogens with two attached hydrogens (primary N) is 1. The number of thioether (sulfide) groups is 1. The largest absolute Gasteiger partial charge is 0.480 e. The van der Waals surface area contributed by atoms with Crippen LogP contribution in [0.3, 0.4) is 0 Å². The molecule has 0 aliphatic carbocycles. The lowest BCUT2D eigenvalue weighted by Gasteiger charge is -2.07. The van der Waals surface area contributed by atoms with Gasteiger partial charge in [-0.1, -0.05) is 12.1 Å². The van der Waals surface area contributed by atoms with Crippen LogP contribution in [0.2, 0.25) is 0 Å². The molecule has 0 aromatic heterocycles. The van der Waals surface area contributed by atoms with E-state index in [2.05, 4.69) is 0 Å². The van der Waals surface area contributed by atoms with E-state index in [1.807, 2.05) is 18.2 Å². The van der Waals surface area contributed by atoms with Crippen LogP contribution in [0, 0.1) is 0 Å². The first-order valence-corrected chi connectivity index (χ1v) is 4.73. The molecular formula is C9H11NO2S. The van der Waals surface area contributed by atoms with Gasteiger partial charge in [-0.05, 0) is 19.1 Å². The molecule has 0 saturated heterocycles. The highest BCUT2D eigenvalue weighted by atomic mass is 32.2. The third-order valence-electron chi connectivity index (χ3n) is 1.57. The Hall–Kier alpha value is -1.16. The van der Waals surface area contributed by atoms with Gasteiger partial charge < -0.3 is 10.8 Å². The molecule has 0 fully saturated rings. The number of hydrogen-bond donors (Lipinski definition) is 2. The third kappa shape index (κ3) is 2.66. The maximum absolute atomic E-state index is 10.6. The Balaban J connectivity index is 2.74. The number of para-hydroxylation sites is 1. The second kappa shape index (κ2) is 4.18. The van der Waals surface area contributed by atoms with Crippen molar-refractivity contribution in [2.24, 2.45) is 0 Å². The molecule has 0 aliphatic rings. The maximum atomic E-state index is 10.6. The van der Waals surface area contributed by atoms with Crippen LogP contribution in [0.5, 0.6) is 0 Å². The highest BCUT2D eigenvalue weighted by molar-refractivity contribution is 8.00. The summed E-state index contributed by atoms with van der Waals surface area (Å²) < 4.78 is 0. The summed E-state index contributed by atoms with van der Waals surface area (Å²) in [5.41, 5.74) is 6.28. The summed E-state index contributed by atoms with van der Waals surface area (Å²) >= 11 is 1.25. The molecule has 1 aromatic rings. The van der Waals surface area contributed by atoms with Gasteiger partial charge in [0.25, 0.3) is 0 Å². The first kappa shape index (κ1) is 9.92. The Morgan fingerprint density at radius 3 is 2.69 bits per heavy atom. The molecule has 0 radical (unpaired) electrons. The minimum absolute atomic E-state index is 0.468. The van der Waals surface area contributed by atoms with Gasteiger partial charge in [0.1, 0.15) is 5.25 Å². The van der Waals surface area contributed by atoms with Gasteiger partial charge >= 0.3 is 5.97 Å². The highest BCUT2D eigenvalue weighted by Gasteiger charge is 2.13. The molecule has 0 bridgehead atoms. The van der Waals surface area contributed by atoms with E-state index in [4.69, 9.17) is 10.8 Å². The van der Waals surface area contributed by atoms with Gasteiger partial charge in [0.2, 0.25) is 0 Å². The summed E-state index contributed by atoms with van der Waals surface area (Å²) in [7, 11) is 0. The molecule has 0 amide bonds. The Labute approximate surface area is 80.9 Å². The number of carboxylic acids is 1. The molecule has 13 heavy (non-hydrogen) atoms. The van der Waals surface area contributed by atoms with Crippen LogP contribution >= 0.6 is 11.8 Å². The molecule has 1 aromatic carbocycles. The Morgan fingerprint density at radius 2 is 2.15 bits per heavy atom. The van der Waals surface area contributed by atoms with Crippen LogP contribution in [0.15, 0.2) is 29.2 Å². The lowest BCUT2D eigenvalue weighted by Crippen LogP contribution is -2.11.